The molecule has 0 aliphatic heterocycles. The lowest BCUT2D eigenvalue weighted by Crippen LogP contribution is -1.95. The third-order valence-electron chi connectivity index (χ3n) is 2.19. The van der Waals surface area contributed by atoms with Crippen LogP contribution in [0.4, 0.5) is 11.5 Å². The number of aromatic nitrogens is 1. The van der Waals surface area contributed by atoms with Gasteiger partial charge in [-0.15, -0.1) is 0 Å². The van der Waals surface area contributed by atoms with E-state index in [4.69, 9.17) is 11.6 Å². The Bertz CT molecular complexity index is 497. The summed E-state index contributed by atoms with van der Waals surface area (Å²) in [5, 5.41) is 3.94. The number of benzene rings is 1. The van der Waals surface area contributed by atoms with E-state index in [2.05, 4.69) is 26.2 Å². The molecule has 0 saturated carbocycles. The van der Waals surface area contributed by atoms with E-state index < -0.39 is 0 Å². The summed E-state index contributed by atoms with van der Waals surface area (Å²) in [5.74, 6) is 0.800. The summed E-state index contributed by atoms with van der Waals surface area (Å²) in [6.07, 6.45) is 1.75. The molecule has 0 saturated heterocycles. The van der Waals surface area contributed by atoms with Crippen molar-refractivity contribution < 1.29 is 0 Å². The number of nitrogens with zero attached hydrogens (tertiary/aromatic N) is 1. The van der Waals surface area contributed by atoms with E-state index in [0.717, 1.165) is 21.5 Å². The highest BCUT2D eigenvalue weighted by molar-refractivity contribution is 9.10. The number of hydrogen-bond donors (Lipinski definition) is 1. The number of halogens is 2. The van der Waals surface area contributed by atoms with Gasteiger partial charge in [0.25, 0.3) is 0 Å². The fraction of sp³-hybridized carbons (Fsp3) is 0.0833. The molecule has 16 heavy (non-hydrogen) atoms. The Balaban J connectivity index is 2.26. The van der Waals surface area contributed by atoms with Crippen molar-refractivity contribution in [2.45, 2.75) is 6.92 Å². The van der Waals surface area contributed by atoms with Crippen LogP contribution >= 0.6 is 27.5 Å². The molecule has 1 aromatic carbocycles. The van der Waals surface area contributed by atoms with Crippen LogP contribution < -0.4 is 5.32 Å². The first-order valence-corrected chi connectivity index (χ1v) is 5.97. The maximum Gasteiger partial charge on any atom is 0.130 e. The number of anilines is 2. The van der Waals surface area contributed by atoms with E-state index in [9.17, 15) is 0 Å². The summed E-state index contributed by atoms with van der Waals surface area (Å²) in [5.41, 5.74) is 2.11. The number of hydrogen-bond acceptors (Lipinski definition) is 2. The maximum absolute atomic E-state index is 5.94. The predicted molar refractivity (Wildman–Crippen MR) is 71.4 cm³/mol. The largest absolute Gasteiger partial charge is 0.340 e. The molecule has 2 aromatic rings. The fourth-order valence-electron chi connectivity index (χ4n) is 1.32. The van der Waals surface area contributed by atoms with Crippen molar-refractivity contribution in [2.24, 2.45) is 0 Å². The van der Waals surface area contributed by atoms with E-state index in [-0.39, 0.29) is 0 Å². The second-order valence-electron chi connectivity index (χ2n) is 3.45. The highest BCUT2D eigenvalue weighted by Gasteiger charge is 2.00. The summed E-state index contributed by atoms with van der Waals surface area (Å²) in [4.78, 5) is 4.24. The molecule has 2 nitrogen and oxygen atoms in total. The predicted octanol–water partition coefficient (Wildman–Crippen LogP) is 4.55. The zero-order chi connectivity index (χ0) is 11.5. The van der Waals surface area contributed by atoms with Crippen LogP contribution in [0.5, 0.6) is 0 Å². The molecule has 0 unspecified atom stereocenters. The van der Waals surface area contributed by atoms with Crippen LogP contribution in [0, 0.1) is 6.92 Å². The van der Waals surface area contributed by atoms with Crippen LogP contribution in [0.3, 0.4) is 0 Å². The monoisotopic (exact) mass is 296 g/mol. The Kier molecular flexibility index (Phi) is 3.46. The Labute approximate surface area is 108 Å². The van der Waals surface area contributed by atoms with Crippen molar-refractivity contribution in [3.8, 4) is 0 Å². The van der Waals surface area contributed by atoms with Crippen molar-refractivity contribution in [3.63, 3.8) is 0 Å². The molecule has 4 heteroatoms. The lowest BCUT2D eigenvalue weighted by molar-refractivity contribution is 1.28. The zero-order valence-corrected chi connectivity index (χ0v) is 11.0. The third kappa shape index (κ3) is 2.74. The molecule has 0 aliphatic carbocycles. The van der Waals surface area contributed by atoms with Gasteiger partial charge in [0.15, 0.2) is 0 Å². The summed E-state index contributed by atoms with van der Waals surface area (Å²) in [6, 6.07) is 9.58. The molecular formula is C12H10BrClN2. The molecule has 1 heterocycles. The van der Waals surface area contributed by atoms with Gasteiger partial charge in [-0.25, -0.2) is 4.98 Å². The Morgan fingerprint density at radius 1 is 1.25 bits per heavy atom. The molecule has 0 aliphatic rings. The summed E-state index contributed by atoms with van der Waals surface area (Å²) in [7, 11) is 0. The molecule has 82 valence electrons. The maximum atomic E-state index is 5.94. The quantitative estimate of drug-likeness (QED) is 0.879. The molecule has 0 fully saturated rings. The van der Waals surface area contributed by atoms with Gasteiger partial charge < -0.3 is 5.32 Å². The van der Waals surface area contributed by atoms with E-state index in [1.807, 2.05) is 37.3 Å². The summed E-state index contributed by atoms with van der Waals surface area (Å²) >= 11 is 9.29. The van der Waals surface area contributed by atoms with Crippen molar-refractivity contribution in [3.05, 3.63) is 51.6 Å². The Morgan fingerprint density at radius 3 is 2.75 bits per heavy atom. The molecule has 0 spiro atoms. The topological polar surface area (TPSA) is 24.9 Å². The third-order valence-corrected chi connectivity index (χ3v) is 2.89. The smallest absolute Gasteiger partial charge is 0.130 e. The average molecular weight is 298 g/mol. The Hall–Kier alpha value is -1.06. The number of aryl methyl sites for hydroxylation is 1. The first kappa shape index (κ1) is 11.4. The molecule has 1 aromatic heterocycles. The summed E-state index contributed by atoms with van der Waals surface area (Å²) in [6.45, 7) is 2.03. The van der Waals surface area contributed by atoms with E-state index in [1.54, 1.807) is 6.20 Å². The van der Waals surface area contributed by atoms with Gasteiger partial charge in [0, 0.05) is 21.4 Å². The normalized spacial score (nSPS) is 10.2. The minimum atomic E-state index is 0.713. The summed E-state index contributed by atoms with van der Waals surface area (Å²) < 4.78 is 0.959. The SMILES string of the molecule is Cc1ccc(Cl)cc1Nc1ccc(Br)cn1. The van der Waals surface area contributed by atoms with Crippen molar-refractivity contribution >= 4 is 39.0 Å². The van der Waals surface area contributed by atoms with Crippen molar-refractivity contribution in [1.29, 1.82) is 0 Å². The molecular weight excluding hydrogens is 288 g/mol. The van der Waals surface area contributed by atoms with Gasteiger partial charge in [-0.2, -0.15) is 0 Å². The van der Waals surface area contributed by atoms with Gasteiger partial charge in [0.2, 0.25) is 0 Å². The van der Waals surface area contributed by atoms with E-state index >= 15 is 0 Å². The van der Waals surface area contributed by atoms with Crippen LogP contribution in [0.25, 0.3) is 0 Å². The van der Waals surface area contributed by atoms with Gasteiger partial charge in [-0.1, -0.05) is 17.7 Å². The highest BCUT2D eigenvalue weighted by atomic mass is 79.9. The fourth-order valence-corrected chi connectivity index (χ4v) is 1.72. The number of rotatable bonds is 2. The number of pyridine rings is 1. The lowest BCUT2D eigenvalue weighted by Gasteiger charge is -2.08. The van der Waals surface area contributed by atoms with Crippen molar-refractivity contribution in [1.82, 2.24) is 4.98 Å². The van der Waals surface area contributed by atoms with Gasteiger partial charge in [-0.05, 0) is 52.7 Å². The van der Waals surface area contributed by atoms with Crippen LogP contribution in [0.1, 0.15) is 5.56 Å². The zero-order valence-electron chi connectivity index (χ0n) is 8.67. The van der Waals surface area contributed by atoms with Gasteiger partial charge in [-0.3, -0.25) is 0 Å². The van der Waals surface area contributed by atoms with Crippen molar-refractivity contribution in [2.75, 3.05) is 5.32 Å². The molecule has 0 radical (unpaired) electrons. The molecule has 0 atom stereocenters. The second kappa shape index (κ2) is 4.85. The van der Waals surface area contributed by atoms with Crippen LogP contribution in [0.2, 0.25) is 5.02 Å². The Morgan fingerprint density at radius 2 is 2.06 bits per heavy atom. The molecule has 0 amide bonds. The van der Waals surface area contributed by atoms with Crippen LogP contribution in [-0.4, -0.2) is 4.98 Å². The minimum Gasteiger partial charge on any atom is -0.340 e. The van der Waals surface area contributed by atoms with Crippen LogP contribution in [0.15, 0.2) is 41.0 Å². The number of nitrogens with one attached hydrogen (secondary N) is 1. The van der Waals surface area contributed by atoms with Gasteiger partial charge in [0.1, 0.15) is 5.82 Å². The van der Waals surface area contributed by atoms with E-state index in [0.29, 0.717) is 5.02 Å². The molecule has 1 N–H and O–H groups in total. The van der Waals surface area contributed by atoms with Crippen LogP contribution in [-0.2, 0) is 0 Å². The first-order chi connectivity index (χ1) is 7.65. The van der Waals surface area contributed by atoms with E-state index in [1.165, 1.54) is 0 Å². The average Bonchev–Trinajstić information content (AvgIpc) is 2.27. The molecule has 2 rings (SSSR count). The minimum absolute atomic E-state index is 0.713. The second-order valence-corrected chi connectivity index (χ2v) is 4.80. The molecule has 0 bridgehead atoms. The highest BCUT2D eigenvalue weighted by Crippen LogP contribution is 2.23. The van der Waals surface area contributed by atoms with Gasteiger partial charge >= 0.3 is 0 Å². The standard InChI is InChI=1S/C12H10BrClN2/c1-8-2-4-10(14)6-11(8)16-12-5-3-9(13)7-15-12/h2-7H,1H3,(H,15,16). The first-order valence-electron chi connectivity index (χ1n) is 4.80. The van der Waals surface area contributed by atoms with Gasteiger partial charge in [0.05, 0.1) is 0 Å². The lowest BCUT2D eigenvalue weighted by atomic mass is 10.2.